The summed E-state index contributed by atoms with van der Waals surface area (Å²) in [7, 11) is 1.48. The van der Waals surface area contributed by atoms with Crippen LogP contribution in [0.2, 0.25) is 0 Å². The number of hydrogen-bond donors (Lipinski definition) is 0. The van der Waals surface area contributed by atoms with Crippen LogP contribution in [0.25, 0.3) is 5.65 Å². The molecule has 72 valence electrons. The molecular formula is C8H8N4O2. The van der Waals surface area contributed by atoms with E-state index in [1.807, 2.05) is 0 Å². The van der Waals surface area contributed by atoms with E-state index < -0.39 is 0 Å². The second-order valence-electron chi connectivity index (χ2n) is 2.64. The summed E-state index contributed by atoms with van der Waals surface area (Å²) < 4.78 is 6.41. The minimum Gasteiger partial charge on any atom is -0.466 e. The normalized spacial score (nSPS) is 10.4. The van der Waals surface area contributed by atoms with Gasteiger partial charge in [-0.2, -0.15) is 4.98 Å². The van der Waals surface area contributed by atoms with Crippen molar-refractivity contribution in [3.8, 4) is 6.01 Å². The zero-order valence-corrected chi connectivity index (χ0v) is 7.54. The number of fused-ring (bicyclic) bond motifs is 1. The summed E-state index contributed by atoms with van der Waals surface area (Å²) in [6.45, 7) is 0. The van der Waals surface area contributed by atoms with E-state index in [0.717, 1.165) is 12.0 Å². The van der Waals surface area contributed by atoms with E-state index in [2.05, 4.69) is 15.1 Å². The van der Waals surface area contributed by atoms with Crippen molar-refractivity contribution in [3.05, 3.63) is 18.1 Å². The molecule has 6 heteroatoms. The lowest BCUT2D eigenvalue weighted by Gasteiger charge is -1.98. The Morgan fingerprint density at radius 2 is 2.36 bits per heavy atom. The zero-order chi connectivity index (χ0) is 9.97. The molecule has 0 aromatic carbocycles. The maximum atomic E-state index is 10.4. The van der Waals surface area contributed by atoms with Crippen LogP contribution < -0.4 is 4.74 Å². The number of aromatic nitrogens is 4. The maximum Gasteiger partial charge on any atom is 0.334 e. The molecule has 0 bridgehead atoms. The molecule has 0 aliphatic heterocycles. The molecule has 0 amide bonds. The van der Waals surface area contributed by atoms with Gasteiger partial charge in [-0.15, -0.1) is 5.10 Å². The summed E-state index contributed by atoms with van der Waals surface area (Å²) in [5.41, 5.74) is 1.32. The van der Waals surface area contributed by atoms with Crippen LogP contribution in [0.5, 0.6) is 6.01 Å². The first-order valence-electron chi connectivity index (χ1n) is 4.02. The van der Waals surface area contributed by atoms with Gasteiger partial charge in [0.15, 0.2) is 5.65 Å². The van der Waals surface area contributed by atoms with E-state index in [0.29, 0.717) is 5.65 Å². The molecule has 6 nitrogen and oxygen atoms in total. The van der Waals surface area contributed by atoms with Crippen LogP contribution in [0.15, 0.2) is 12.4 Å². The number of carbonyl (C=O) groups is 1. The number of aldehydes is 1. The molecule has 0 atom stereocenters. The number of nitrogens with zero attached hydrogens (tertiary/aromatic N) is 4. The second kappa shape index (κ2) is 3.41. The van der Waals surface area contributed by atoms with Crippen molar-refractivity contribution in [3.63, 3.8) is 0 Å². The summed E-state index contributed by atoms with van der Waals surface area (Å²) in [5.74, 6) is 0. The molecule has 2 aromatic rings. The van der Waals surface area contributed by atoms with E-state index in [4.69, 9.17) is 4.74 Å². The molecule has 14 heavy (non-hydrogen) atoms. The Kier molecular flexibility index (Phi) is 2.10. The van der Waals surface area contributed by atoms with Crippen molar-refractivity contribution < 1.29 is 9.53 Å². The molecule has 2 rings (SSSR count). The van der Waals surface area contributed by atoms with Crippen LogP contribution in [0.4, 0.5) is 0 Å². The molecule has 0 aliphatic rings. The third kappa shape index (κ3) is 1.30. The molecule has 0 spiro atoms. The van der Waals surface area contributed by atoms with Crippen molar-refractivity contribution in [1.82, 2.24) is 19.6 Å². The van der Waals surface area contributed by atoms with Gasteiger partial charge in [-0.1, -0.05) is 0 Å². The van der Waals surface area contributed by atoms with E-state index in [1.54, 1.807) is 16.9 Å². The summed E-state index contributed by atoms with van der Waals surface area (Å²) in [6, 6.07) is 0.252. The first kappa shape index (κ1) is 8.61. The van der Waals surface area contributed by atoms with Crippen LogP contribution in [0.1, 0.15) is 5.69 Å². The topological polar surface area (TPSA) is 69.4 Å². The molecule has 0 saturated carbocycles. The summed E-state index contributed by atoms with van der Waals surface area (Å²) in [5, 5.41) is 4.03. The molecule has 2 aromatic heterocycles. The minimum atomic E-state index is 0.252. The van der Waals surface area contributed by atoms with Crippen molar-refractivity contribution in [1.29, 1.82) is 0 Å². The quantitative estimate of drug-likeness (QED) is 0.634. The molecule has 0 radical (unpaired) electrons. The Bertz CT molecular complexity index is 465. The van der Waals surface area contributed by atoms with Crippen LogP contribution >= 0.6 is 0 Å². The van der Waals surface area contributed by atoms with E-state index >= 15 is 0 Å². The van der Waals surface area contributed by atoms with Crippen molar-refractivity contribution in [2.24, 2.45) is 0 Å². The third-order valence-electron chi connectivity index (χ3n) is 1.79. The van der Waals surface area contributed by atoms with Gasteiger partial charge in [0.1, 0.15) is 6.29 Å². The van der Waals surface area contributed by atoms with Gasteiger partial charge in [-0.05, 0) is 0 Å². The third-order valence-corrected chi connectivity index (χ3v) is 1.79. The molecule has 0 fully saturated rings. The second-order valence-corrected chi connectivity index (χ2v) is 2.64. The predicted octanol–water partition coefficient (Wildman–Crippen LogP) is -0.126. The monoisotopic (exact) mass is 192 g/mol. The minimum absolute atomic E-state index is 0.252. The van der Waals surface area contributed by atoms with Gasteiger partial charge in [0.25, 0.3) is 0 Å². The largest absolute Gasteiger partial charge is 0.466 e. The highest BCUT2D eigenvalue weighted by Crippen LogP contribution is 2.06. The lowest BCUT2D eigenvalue weighted by atomic mass is 10.4. The highest BCUT2D eigenvalue weighted by Gasteiger charge is 2.05. The number of hydrogen-bond acceptors (Lipinski definition) is 5. The smallest absolute Gasteiger partial charge is 0.334 e. The fourth-order valence-electron chi connectivity index (χ4n) is 1.14. The standard InChI is InChI=1S/C8H8N4O2/c1-14-8-10-5-7-9-4-6(2-3-13)12(7)11-8/h3-5H,2H2,1H3. The molecule has 0 saturated heterocycles. The van der Waals surface area contributed by atoms with Crippen LogP contribution in [0.3, 0.4) is 0 Å². The fourth-order valence-corrected chi connectivity index (χ4v) is 1.14. The lowest BCUT2D eigenvalue weighted by molar-refractivity contribution is -0.107. The average Bonchev–Trinajstić information content (AvgIpc) is 2.61. The van der Waals surface area contributed by atoms with Crippen molar-refractivity contribution >= 4 is 11.9 Å². The summed E-state index contributed by atoms with van der Waals surface area (Å²) in [6.07, 6.45) is 4.22. The molecular weight excluding hydrogens is 184 g/mol. The Hall–Kier alpha value is -1.98. The number of rotatable bonds is 3. The summed E-state index contributed by atoms with van der Waals surface area (Å²) in [4.78, 5) is 18.3. The van der Waals surface area contributed by atoms with Crippen LogP contribution in [0, 0.1) is 0 Å². The number of ether oxygens (including phenoxy) is 1. The first-order valence-corrected chi connectivity index (χ1v) is 4.02. The van der Waals surface area contributed by atoms with Gasteiger partial charge in [0, 0.05) is 6.42 Å². The molecule has 0 aliphatic carbocycles. The van der Waals surface area contributed by atoms with Gasteiger partial charge in [0.2, 0.25) is 0 Å². The average molecular weight is 192 g/mol. The van der Waals surface area contributed by atoms with E-state index in [-0.39, 0.29) is 12.4 Å². The highest BCUT2D eigenvalue weighted by molar-refractivity contribution is 5.54. The number of carbonyl (C=O) groups excluding carboxylic acids is 1. The number of imidazole rings is 1. The SMILES string of the molecule is COc1ncc2ncc(CC=O)n2n1. The molecule has 0 N–H and O–H groups in total. The Morgan fingerprint density at radius 1 is 1.50 bits per heavy atom. The van der Waals surface area contributed by atoms with Crippen LogP contribution in [-0.4, -0.2) is 33.0 Å². The van der Waals surface area contributed by atoms with Gasteiger partial charge in [-0.25, -0.2) is 9.50 Å². The lowest BCUT2D eigenvalue weighted by Crippen LogP contribution is -2.02. The maximum absolute atomic E-state index is 10.4. The van der Waals surface area contributed by atoms with Gasteiger partial charge in [0.05, 0.1) is 25.2 Å². The Morgan fingerprint density at radius 3 is 3.07 bits per heavy atom. The van der Waals surface area contributed by atoms with Crippen molar-refractivity contribution in [2.75, 3.05) is 7.11 Å². The van der Waals surface area contributed by atoms with E-state index in [9.17, 15) is 4.79 Å². The molecule has 0 unspecified atom stereocenters. The zero-order valence-electron chi connectivity index (χ0n) is 7.54. The fraction of sp³-hybridized carbons (Fsp3) is 0.250. The van der Waals surface area contributed by atoms with Gasteiger partial charge >= 0.3 is 6.01 Å². The predicted molar refractivity (Wildman–Crippen MR) is 47.1 cm³/mol. The van der Waals surface area contributed by atoms with Crippen molar-refractivity contribution in [2.45, 2.75) is 6.42 Å². The summed E-state index contributed by atoms with van der Waals surface area (Å²) >= 11 is 0. The van der Waals surface area contributed by atoms with Crippen LogP contribution in [-0.2, 0) is 11.2 Å². The molecule has 2 heterocycles. The first-order chi connectivity index (χ1) is 6.85. The number of methoxy groups -OCH3 is 1. The highest BCUT2D eigenvalue weighted by atomic mass is 16.5. The van der Waals surface area contributed by atoms with E-state index in [1.165, 1.54) is 7.11 Å². The Balaban J connectivity index is 2.57. The van der Waals surface area contributed by atoms with Gasteiger partial charge < -0.3 is 9.53 Å². The Labute approximate surface area is 79.5 Å². The van der Waals surface area contributed by atoms with Gasteiger partial charge in [-0.3, -0.25) is 0 Å².